The molecule has 8 nitrogen and oxygen atoms in total. The van der Waals surface area contributed by atoms with Gasteiger partial charge in [0.15, 0.2) is 5.96 Å². The largest absolute Gasteiger partial charge is 0.507 e. The third-order valence-electron chi connectivity index (χ3n) is 3.67. The number of benzene rings is 1. The summed E-state index contributed by atoms with van der Waals surface area (Å²) in [5.41, 5.74) is 1.00. The second-order valence-corrected chi connectivity index (χ2v) is 5.20. The highest BCUT2D eigenvalue weighted by Crippen LogP contribution is 2.35. The summed E-state index contributed by atoms with van der Waals surface area (Å²) in [4.78, 5) is 20.6. The Morgan fingerprint density at radius 1 is 1.36 bits per heavy atom. The zero-order valence-electron chi connectivity index (χ0n) is 13.4. The molecule has 8 heteroatoms. The number of phenolic OH excluding ortho intramolecular Hbond substituents is 1. The predicted octanol–water partition coefficient (Wildman–Crippen LogP) is 1.02. The Labute approximate surface area is 143 Å². The number of methoxy groups -OCH3 is 1. The van der Waals surface area contributed by atoms with Gasteiger partial charge in [0.25, 0.3) is 5.91 Å². The number of hydrogen-bond donors (Lipinski definition) is 3. The van der Waals surface area contributed by atoms with Gasteiger partial charge in [-0.15, -0.1) is 0 Å². The first-order chi connectivity index (χ1) is 12.1. The average Bonchev–Trinajstić information content (AvgIpc) is 3.14. The maximum absolute atomic E-state index is 12.7. The van der Waals surface area contributed by atoms with Crippen molar-refractivity contribution in [2.45, 2.75) is 0 Å². The lowest BCUT2D eigenvalue weighted by atomic mass is 9.94. The zero-order chi connectivity index (χ0) is 17.8. The monoisotopic (exact) mass is 337 g/mol. The maximum atomic E-state index is 12.7. The van der Waals surface area contributed by atoms with Crippen molar-refractivity contribution in [1.29, 1.82) is 5.26 Å². The molecule has 1 saturated heterocycles. The van der Waals surface area contributed by atoms with Gasteiger partial charge in [0.05, 0.1) is 24.3 Å². The van der Waals surface area contributed by atoms with Gasteiger partial charge in [0.1, 0.15) is 5.75 Å². The van der Waals surface area contributed by atoms with Crippen LogP contribution in [0.15, 0.2) is 35.5 Å². The zero-order valence-corrected chi connectivity index (χ0v) is 13.4. The molecule has 0 radical (unpaired) electrons. The van der Waals surface area contributed by atoms with Gasteiger partial charge in [-0.1, -0.05) is 0 Å². The molecule has 0 aliphatic carbocycles. The lowest BCUT2D eigenvalue weighted by Gasteiger charge is -2.12. The first kappa shape index (κ1) is 16.3. The molecule has 1 aliphatic rings. The number of nitrogens with zero attached hydrogens (tertiary/aromatic N) is 3. The van der Waals surface area contributed by atoms with Crippen molar-refractivity contribution < 1.29 is 14.6 Å². The molecule has 2 aromatic rings. The summed E-state index contributed by atoms with van der Waals surface area (Å²) in [5, 5.41) is 25.5. The number of guanidine groups is 1. The van der Waals surface area contributed by atoms with Crippen molar-refractivity contribution in [1.82, 2.24) is 15.6 Å². The molecule has 1 aromatic carbocycles. The fourth-order valence-electron chi connectivity index (χ4n) is 2.54. The van der Waals surface area contributed by atoms with E-state index in [1.165, 1.54) is 25.4 Å². The summed E-state index contributed by atoms with van der Waals surface area (Å²) in [7, 11) is 1.47. The number of aromatic hydroxyl groups is 1. The Bertz CT molecular complexity index is 894. The van der Waals surface area contributed by atoms with Gasteiger partial charge in [-0.25, -0.2) is 4.98 Å². The van der Waals surface area contributed by atoms with Gasteiger partial charge < -0.3 is 20.5 Å². The number of aromatic nitrogens is 1. The molecular weight excluding hydrogens is 322 g/mol. The summed E-state index contributed by atoms with van der Waals surface area (Å²) in [6, 6.07) is 8.03. The topological polar surface area (TPSA) is 120 Å². The predicted molar refractivity (Wildman–Crippen MR) is 90.4 cm³/mol. The standard InChI is InChI=1S/C17H15N5O3/c1-25-13-8-10(4-5-19-13)14-11(9-18)2-3-12(23)15(14)16(24)22-17-20-6-7-21-17/h2-5,8,23H,6-7H2,1H3,(H2,20,21,22,24). The fourth-order valence-corrected chi connectivity index (χ4v) is 2.54. The molecule has 3 rings (SSSR count). The SMILES string of the molecule is COc1cc(-c2c(C#N)ccc(O)c2C(=O)N=C2NCCN2)ccn1. The van der Waals surface area contributed by atoms with Gasteiger partial charge in [-0.3, -0.25) is 4.79 Å². The maximum Gasteiger partial charge on any atom is 0.284 e. The van der Waals surface area contributed by atoms with Crippen molar-refractivity contribution in [3.05, 3.63) is 41.6 Å². The first-order valence-corrected chi connectivity index (χ1v) is 7.51. The van der Waals surface area contributed by atoms with Crippen molar-refractivity contribution in [2.75, 3.05) is 20.2 Å². The molecule has 1 aliphatic heterocycles. The minimum Gasteiger partial charge on any atom is -0.507 e. The lowest BCUT2D eigenvalue weighted by molar-refractivity contribution is 0.100. The van der Waals surface area contributed by atoms with E-state index in [9.17, 15) is 15.2 Å². The van der Waals surface area contributed by atoms with Crippen LogP contribution >= 0.6 is 0 Å². The second kappa shape index (κ2) is 6.88. The number of nitrogens with one attached hydrogen (secondary N) is 2. The number of aliphatic imine (C=N–C) groups is 1. The molecule has 126 valence electrons. The number of pyridine rings is 1. The molecular formula is C17H15N5O3. The average molecular weight is 337 g/mol. The van der Waals surface area contributed by atoms with E-state index in [0.717, 1.165) is 0 Å². The van der Waals surface area contributed by atoms with Crippen LogP contribution in [0.1, 0.15) is 15.9 Å². The summed E-state index contributed by atoms with van der Waals surface area (Å²) in [6.45, 7) is 1.31. The number of phenols is 1. The molecule has 0 atom stereocenters. The van der Waals surface area contributed by atoms with Crippen molar-refractivity contribution in [3.63, 3.8) is 0 Å². The van der Waals surface area contributed by atoms with Crippen LogP contribution in [0.3, 0.4) is 0 Å². The molecule has 2 heterocycles. The highest BCUT2D eigenvalue weighted by Gasteiger charge is 2.22. The number of carbonyl (C=O) groups excluding carboxylic acids is 1. The highest BCUT2D eigenvalue weighted by atomic mass is 16.5. The van der Waals surface area contributed by atoms with Crippen LogP contribution in [0.2, 0.25) is 0 Å². The Balaban J connectivity index is 2.19. The van der Waals surface area contributed by atoms with Crippen LogP contribution in [0.25, 0.3) is 11.1 Å². The summed E-state index contributed by atoms with van der Waals surface area (Å²) in [6.07, 6.45) is 1.50. The van der Waals surface area contributed by atoms with Gasteiger partial charge in [-0.2, -0.15) is 10.3 Å². The summed E-state index contributed by atoms with van der Waals surface area (Å²) >= 11 is 0. The molecule has 1 fully saturated rings. The van der Waals surface area contributed by atoms with E-state index in [1.54, 1.807) is 12.1 Å². The molecule has 1 amide bonds. The minimum atomic E-state index is -0.655. The number of carbonyl (C=O) groups is 1. The van der Waals surface area contributed by atoms with E-state index in [1.807, 2.05) is 6.07 Å². The Kier molecular flexibility index (Phi) is 4.48. The van der Waals surface area contributed by atoms with Crippen LogP contribution in [0.4, 0.5) is 0 Å². The highest BCUT2D eigenvalue weighted by molar-refractivity contribution is 6.09. The van der Waals surface area contributed by atoms with Gasteiger partial charge in [-0.05, 0) is 23.8 Å². The van der Waals surface area contributed by atoms with Crippen molar-refractivity contribution in [2.24, 2.45) is 4.99 Å². The van der Waals surface area contributed by atoms with Gasteiger partial charge in [0.2, 0.25) is 5.88 Å². The number of ether oxygens (including phenoxy) is 1. The summed E-state index contributed by atoms with van der Waals surface area (Å²) in [5.74, 6) is -0.243. The molecule has 0 saturated carbocycles. The van der Waals surface area contributed by atoms with E-state index in [4.69, 9.17) is 4.74 Å². The smallest absolute Gasteiger partial charge is 0.284 e. The number of hydrogen-bond acceptors (Lipinski definition) is 5. The van der Waals surface area contributed by atoms with Gasteiger partial charge in [0, 0.05) is 30.9 Å². The van der Waals surface area contributed by atoms with Crippen LogP contribution in [-0.2, 0) is 0 Å². The van der Waals surface area contributed by atoms with Crippen LogP contribution in [-0.4, -0.2) is 42.2 Å². The van der Waals surface area contributed by atoms with E-state index >= 15 is 0 Å². The molecule has 3 N–H and O–H groups in total. The quantitative estimate of drug-likeness (QED) is 0.765. The normalized spacial score (nSPS) is 12.7. The number of amides is 1. The number of rotatable bonds is 3. The van der Waals surface area contributed by atoms with Gasteiger partial charge >= 0.3 is 0 Å². The van der Waals surface area contributed by atoms with Crippen LogP contribution < -0.4 is 15.4 Å². The molecule has 25 heavy (non-hydrogen) atoms. The van der Waals surface area contributed by atoms with E-state index in [-0.39, 0.29) is 22.4 Å². The molecule has 0 unspecified atom stereocenters. The Hall–Kier alpha value is -3.60. The summed E-state index contributed by atoms with van der Waals surface area (Å²) < 4.78 is 5.10. The first-order valence-electron chi connectivity index (χ1n) is 7.51. The Morgan fingerprint density at radius 3 is 2.80 bits per heavy atom. The molecule has 0 bridgehead atoms. The molecule has 1 aromatic heterocycles. The van der Waals surface area contributed by atoms with E-state index in [0.29, 0.717) is 30.5 Å². The van der Waals surface area contributed by atoms with Crippen molar-refractivity contribution >= 4 is 11.9 Å². The van der Waals surface area contributed by atoms with Crippen molar-refractivity contribution in [3.8, 4) is 28.8 Å². The van der Waals surface area contributed by atoms with E-state index in [2.05, 4.69) is 20.6 Å². The third-order valence-corrected chi connectivity index (χ3v) is 3.67. The fraction of sp³-hybridized carbons (Fsp3) is 0.176. The van der Waals surface area contributed by atoms with Crippen LogP contribution in [0.5, 0.6) is 11.6 Å². The van der Waals surface area contributed by atoms with Crippen LogP contribution in [0, 0.1) is 11.3 Å². The molecule has 0 spiro atoms. The Morgan fingerprint density at radius 2 is 2.12 bits per heavy atom. The number of nitriles is 1. The minimum absolute atomic E-state index is 0.0460. The van der Waals surface area contributed by atoms with E-state index < -0.39 is 5.91 Å². The second-order valence-electron chi connectivity index (χ2n) is 5.20. The third kappa shape index (κ3) is 3.21. The lowest BCUT2D eigenvalue weighted by Crippen LogP contribution is -2.25.